The molecule has 0 saturated carbocycles. The normalized spacial score (nSPS) is 10.5. The number of aryl methyl sites for hydroxylation is 1. The zero-order valence-corrected chi connectivity index (χ0v) is 9.12. The minimum atomic E-state index is -0.248. The molecular weight excluding hydrogens is 247 g/mol. The molecule has 0 aliphatic carbocycles. The Morgan fingerprint density at radius 3 is 2.79 bits per heavy atom. The van der Waals surface area contributed by atoms with Crippen molar-refractivity contribution in [2.24, 2.45) is 0 Å². The molecule has 2 aromatic rings. The van der Waals surface area contributed by atoms with Gasteiger partial charge in [-0.2, -0.15) is 0 Å². The molecule has 72 valence electrons. The molecule has 0 atom stereocenters. The highest BCUT2D eigenvalue weighted by atomic mass is 79.9. The minimum absolute atomic E-state index is 0.248. The van der Waals surface area contributed by atoms with Crippen molar-refractivity contribution in [3.05, 3.63) is 46.7 Å². The Balaban J connectivity index is 2.59. The van der Waals surface area contributed by atoms with Gasteiger partial charge in [-0.3, -0.25) is 4.57 Å². The maximum absolute atomic E-state index is 13.0. The van der Waals surface area contributed by atoms with E-state index in [-0.39, 0.29) is 5.82 Å². The Bertz CT molecular complexity index is 445. The SMILES string of the molecule is Cc1ncc(Br)n1-c1cccc(F)c1. The van der Waals surface area contributed by atoms with Gasteiger partial charge in [0.25, 0.3) is 0 Å². The van der Waals surface area contributed by atoms with Crippen molar-refractivity contribution < 1.29 is 4.39 Å². The molecule has 2 rings (SSSR count). The zero-order valence-electron chi connectivity index (χ0n) is 7.54. The first-order valence-electron chi connectivity index (χ1n) is 4.14. The fraction of sp³-hybridized carbons (Fsp3) is 0.100. The van der Waals surface area contributed by atoms with Crippen LogP contribution in [0, 0.1) is 12.7 Å². The lowest BCUT2D eigenvalue weighted by molar-refractivity contribution is 0.626. The molecule has 0 radical (unpaired) electrons. The van der Waals surface area contributed by atoms with E-state index in [2.05, 4.69) is 20.9 Å². The monoisotopic (exact) mass is 254 g/mol. The fourth-order valence-corrected chi connectivity index (χ4v) is 1.91. The van der Waals surface area contributed by atoms with Gasteiger partial charge in [0.2, 0.25) is 0 Å². The van der Waals surface area contributed by atoms with Gasteiger partial charge in [0.1, 0.15) is 16.2 Å². The van der Waals surface area contributed by atoms with Crippen LogP contribution in [0.5, 0.6) is 0 Å². The molecule has 0 aliphatic heterocycles. The molecule has 0 unspecified atom stereocenters. The van der Waals surface area contributed by atoms with Crippen LogP contribution in [-0.2, 0) is 0 Å². The van der Waals surface area contributed by atoms with Crippen LogP contribution in [0.4, 0.5) is 4.39 Å². The average molecular weight is 255 g/mol. The van der Waals surface area contributed by atoms with Gasteiger partial charge < -0.3 is 0 Å². The third-order valence-electron chi connectivity index (χ3n) is 1.96. The summed E-state index contributed by atoms with van der Waals surface area (Å²) < 4.78 is 15.6. The summed E-state index contributed by atoms with van der Waals surface area (Å²) in [5.74, 6) is 0.574. The Hall–Kier alpha value is -1.16. The summed E-state index contributed by atoms with van der Waals surface area (Å²) in [5.41, 5.74) is 0.770. The van der Waals surface area contributed by atoms with Gasteiger partial charge in [0, 0.05) is 0 Å². The summed E-state index contributed by atoms with van der Waals surface area (Å²) in [7, 11) is 0. The Morgan fingerprint density at radius 1 is 1.43 bits per heavy atom. The van der Waals surface area contributed by atoms with E-state index in [0.717, 1.165) is 16.1 Å². The van der Waals surface area contributed by atoms with Crippen molar-refractivity contribution in [3.8, 4) is 5.69 Å². The molecule has 1 heterocycles. The molecule has 14 heavy (non-hydrogen) atoms. The van der Waals surface area contributed by atoms with Crippen molar-refractivity contribution in [2.45, 2.75) is 6.92 Å². The maximum Gasteiger partial charge on any atom is 0.125 e. The van der Waals surface area contributed by atoms with E-state index in [1.165, 1.54) is 12.1 Å². The third kappa shape index (κ3) is 1.57. The van der Waals surface area contributed by atoms with Crippen LogP contribution in [0.1, 0.15) is 5.82 Å². The van der Waals surface area contributed by atoms with Crippen molar-refractivity contribution in [3.63, 3.8) is 0 Å². The van der Waals surface area contributed by atoms with Gasteiger partial charge in [-0.15, -0.1) is 0 Å². The van der Waals surface area contributed by atoms with Gasteiger partial charge in [0.15, 0.2) is 0 Å². The largest absolute Gasteiger partial charge is 0.291 e. The van der Waals surface area contributed by atoms with Crippen molar-refractivity contribution in [2.75, 3.05) is 0 Å². The number of rotatable bonds is 1. The quantitative estimate of drug-likeness (QED) is 0.765. The lowest BCUT2D eigenvalue weighted by atomic mass is 10.3. The van der Waals surface area contributed by atoms with Crippen molar-refractivity contribution in [1.29, 1.82) is 0 Å². The van der Waals surface area contributed by atoms with Crippen molar-refractivity contribution in [1.82, 2.24) is 9.55 Å². The summed E-state index contributed by atoms with van der Waals surface area (Å²) in [6, 6.07) is 6.40. The van der Waals surface area contributed by atoms with Crippen LogP contribution in [0.25, 0.3) is 5.69 Å². The van der Waals surface area contributed by atoms with Crippen LogP contribution < -0.4 is 0 Å². The topological polar surface area (TPSA) is 17.8 Å². The standard InChI is InChI=1S/C10H8BrFN2/c1-7-13-6-10(11)14(7)9-4-2-3-8(12)5-9/h2-6H,1H3. The number of aromatic nitrogens is 2. The number of hydrogen-bond donors (Lipinski definition) is 0. The van der Waals surface area contributed by atoms with Crippen molar-refractivity contribution >= 4 is 15.9 Å². The van der Waals surface area contributed by atoms with Gasteiger partial charge in [-0.1, -0.05) is 6.07 Å². The smallest absolute Gasteiger partial charge is 0.125 e. The number of imidazole rings is 1. The summed E-state index contributed by atoms with van der Waals surface area (Å²) in [4.78, 5) is 4.12. The second kappa shape index (κ2) is 3.53. The fourth-order valence-electron chi connectivity index (χ4n) is 1.34. The Labute approximate surface area is 89.5 Å². The van der Waals surface area contributed by atoms with E-state index in [4.69, 9.17) is 0 Å². The van der Waals surface area contributed by atoms with E-state index in [9.17, 15) is 4.39 Å². The van der Waals surface area contributed by atoms with Gasteiger partial charge in [-0.25, -0.2) is 9.37 Å². The summed E-state index contributed by atoms with van der Waals surface area (Å²) >= 11 is 3.36. The average Bonchev–Trinajstić information content (AvgIpc) is 2.46. The number of nitrogens with zero attached hydrogens (tertiary/aromatic N) is 2. The van der Waals surface area contributed by atoms with Gasteiger partial charge >= 0.3 is 0 Å². The predicted molar refractivity (Wildman–Crippen MR) is 56.0 cm³/mol. The molecule has 0 amide bonds. The van der Waals surface area contributed by atoms with Crippen LogP contribution >= 0.6 is 15.9 Å². The Kier molecular flexibility index (Phi) is 2.37. The molecule has 2 nitrogen and oxygen atoms in total. The first-order valence-corrected chi connectivity index (χ1v) is 4.93. The van der Waals surface area contributed by atoms with E-state index in [1.807, 2.05) is 17.6 Å². The maximum atomic E-state index is 13.0. The molecule has 0 N–H and O–H groups in total. The lowest BCUT2D eigenvalue weighted by Gasteiger charge is -2.06. The molecule has 0 bridgehead atoms. The number of halogens is 2. The second-order valence-electron chi connectivity index (χ2n) is 2.94. The lowest BCUT2D eigenvalue weighted by Crippen LogP contribution is -1.97. The third-order valence-corrected chi connectivity index (χ3v) is 2.52. The summed E-state index contributed by atoms with van der Waals surface area (Å²) in [6.07, 6.45) is 1.69. The van der Waals surface area contributed by atoms with E-state index >= 15 is 0 Å². The Morgan fingerprint density at radius 2 is 2.21 bits per heavy atom. The molecule has 0 spiro atoms. The van der Waals surface area contributed by atoms with E-state index < -0.39 is 0 Å². The zero-order chi connectivity index (χ0) is 10.1. The van der Waals surface area contributed by atoms with Crippen LogP contribution in [0.2, 0.25) is 0 Å². The molecule has 0 aliphatic rings. The molecule has 0 saturated heterocycles. The minimum Gasteiger partial charge on any atom is -0.291 e. The van der Waals surface area contributed by atoms with E-state index in [0.29, 0.717) is 0 Å². The van der Waals surface area contributed by atoms with Crippen LogP contribution in [0.15, 0.2) is 35.1 Å². The highest BCUT2D eigenvalue weighted by Crippen LogP contribution is 2.19. The highest BCUT2D eigenvalue weighted by molar-refractivity contribution is 9.10. The van der Waals surface area contributed by atoms with E-state index in [1.54, 1.807) is 12.3 Å². The first kappa shape index (κ1) is 9.40. The predicted octanol–water partition coefficient (Wildman–Crippen LogP) is 3.08. The van der Waals surface area contributed by atoms with Crippen LogP contribution in [0.3, 0.4) is 0 Å². The molecule has 4 heteroatoms. The molecule has 1 aromatic heterocycles. The summed E-state index contributed by atoms with van der Waals surface area (Å²) in [5, 5.41) is 0. The summed E-state index contributed by atoms with van der Waals surface area (Å²) in [6.45, 7) is 1.87. The molecule has 0 fully saturated rings. The molecular formula is C10H8BrFN2. The van der Waals surface area contributed by atoms with Gasteiger partial charge in [-0.05, 0) is 41.1 Å². The number of benzene rings is 1. The van der Waals surface area contributed by atoms with Gasteiger partial charge in [0.05, 0.1) is 11.9 Å². The second-order valence-corrected chi connectivity index (χ2v) is 3.76. The molecule has 1 aromatic carbocycles. The first-order chi connectivity index (χ1) is 6.68. The van der Waals surface area contributed by atoms with Crippen LogP contribution in [-0.4, -0.2) is 9.55 Å². The number of hydrogen-bond acceptors (Lipinski definition) is 1. The highest BCUT2D eigenvalue weighted by Gasteiger charge is 2.06.